The minimum Gasteiger partial charge on any atom is -0.473 e. The van der Waals surface area contributed by atoms with Crippen LogP contribution in [0.5, 0.6) is 5.75 Å². The van der Waals surface area contributed by atoms with Gasteiger partial charge in [-0.15, -0.1) is 0 Å². The molecule has 160 valence electrons. The predicted octanol–water partition coefficient (Wildman–Crippen LogP) is 5.66. The van der Waals surface area contributed by atoms with Crippen molar-refractivity contribution in [2.24, 2.45) is 0 Å². The van der Waals surface area contributed by atoms with Crippen LogP contribution >= 0.6 is 0 Å². The monoisotopic (exact) mass is 432 g/mol. The number of ketones is 1. The summed E-state index contributed by atoms with van der Waals surface area (Å²) < 4.78 is 6.45. The van der Waals surface area contributed by atoms with E-state index >= 15 is 0 Å². The second kappa shape index (κ2) is 8.32. The Morgan fingerprint density at radius 1 is 0.818 bits per heavy atom. The van der Waals surface area contributed by atoms with E-state index in [-0.39, 0.29) is 11.5 Å². The molecule has 2 unspecified atom stereocenters. The van der Waals surface area contributed by atoms with Crippen LogP contribution in [0, 0.1) is 0 Å². The number of Topliss-reactive ketones (excluding diaryl/α,β-unsaturated/α-hetero) is 1. The van der Waals surface area contributed by atoms with Crippen LogP contribution in [0.2, 0.25) is 0 Å². The molecule has 0 fully saturated rings. The van der Waals surface area contributed by atoms with E-state index in [9.17, 15) is 14.4 Å². The molecule has 1 aliphatic rings. The number of hydrogen-bond donors (Lipinski definition) is 0. The molecule has 4 aromatic rings. The Morgan fingerprint density at radius 3 is 2.33 bits per heavy atom. The van der Waals surface area contributed by atoms with Crippen molar-refractivity contribution in [3.05, 3.63) is 119 Å². The topological polar surface area (TPSA) is 60.4 Å². The molecule has 4 nitrogen and oxygen atoms in total. The summed E-state index contributed by atoms with van der Waals surface area (Å²) in [7, 11) is 0. The van der Waals surface area contributed by atoms with E-state index in [1.54, 1.807) is 42.5 Å². The highest BCUT2D eigenvalue weighted by atomic mass is 16.5. The van der Waals surface area contributed by atoms with Gasteiger partial charge in [0, 0.05) is 5.56 Å². The number of carbonyl (C=O) groups excluding carboxylic acids is 3. The minimum atomic E-state index is -1.64. The second-order valence-corrected chi connectivity index (χ2v) is 7.98. The maximum Gasteiger partial charge on any atom is 0.211 e. The zero-order valence-corrected chi connectivity index (χ0v) is 17.7. The molecule has 0 aliphatic heterocycles. The molecule has 1 aliphatic carbocycles. The van der Waals surface area contributed by atoms with Gasteiger partial charge in [0.1, 0.15) is 12.0 Å². The summed E-state index contributed by atoms with van der Waals surface area (Å²) in [6, 6.07) is 27.2. The van der Waals surface area contributed by atoms with Crippen LogP contribution in [0.25, 0.3) is 16.8 Å². The lowest BCUT2D eigenvalue weighted by atomic mass is 9.72. The summed E-state index contributed by atoms with van der Waals surface area (Å²) in [6.45, 7) is 0. The molecule has 4 heteroatoms. The van der Waals surface area contributed by atoms with E-state index in [0.29, 0.717) is 16.7 Å². The highest BCUT2D eigenvalue weighted by molar-refractivity contribution is 6.08. The van der Waals surface area contributed by atoms with E-state index in [0.717, 1.165) is 28.9 Å². The molecule has 0 amide bonds. The Kier molecular flexibility index (Phi) is 5.19. The van der Waals surface area contributed by atoms with Crippen LogP contribution < -0.4 is 4.74 Å². The van der Waals surface area contributed by atoms with E-state index in [1.807, 2.05) is 60.7 Å². The van der Waals surface area contributed by atoms with Crippen molar-refractivity contribution in [3.63, 3.8) is 0 Å². The van der Waals surface area contributed by atoms with Crippen molar-refractivity contribution in [1.29, 1.82) is 0 Å². The number of carbonyl (C=O) groups is 3. The fourth-order valence-corrected chi connectivity index (χ4v) is 4.51. The third-order valence-electron chi connectivity index (χ3n) is 6.16. The van der Waals surface area contributed by atoms with Crippen molar-refractivity contribution in [1.82, 2.24) is 0 Å². The van der Waals surface area contributed by atoms with E-state index in [1.165, 1.54) is 0 Å². The molecule has 0 heterocycles. The zero-order valence-electron chi connectivity index (χ0n) is 17.7. The third kappa shape index (κ3) is 3.37. The molecule has 0 saturated heterocycles. The zero-order chi connectivity index (χ0) is 22.8. The summed E-state index contributed by atoms with van der Waals surface area (Å²) in [4.78, 5) is 38.6. The van der Waals surface area contributed by atoms with Gasteiger partial charge in [0.15, 0.2) is 6.29 Å². The van der Waals surface area contributed by atoms with Crippen molar-refractivity contribution in [3.8, 4) is 5.75 Å². The van der Waals surface area contributed by atoms with Gasteiger partial charge in [-0.2, -0.15) is 0 Å². The first-order valence-electron chi connectivity index (χ1n) is 10.7. The third-order valence-corrected chi connectivity index (χ3v) is 6.16. The molecular weight excluding hydrogens is 412 g/mol. The Labute approximate surface area is 191 Å². The number of hydrogen-bond acceptors (Lipinski definition) is 4. The normalized spacial score (nSPS) is 19.0. The molecule has 4 aromatic carbocycles. The van der Waals surface area contributed by atoms with E-state index in [2.05, 4.69) is 0 Å². The van der Waals surface area contributed by atoms with Crippen LogP contribution in [-0.4, -0.2) is 24.0 Å². The van der Waals surface area contributed by atoms with Gasteiger partial charge in [-0.25, -0.2) is 0 Å². The summed E-state index contributed by atoms with van der Waals surface area (Å²) in [5.41, 5.74) is 0.668. The summed E-state index contributed by atoms with van der Waals surface area (Å²) in [6.07, 6.45) is 4.94. The van der Waals surface area contributed by atoms with Crippen molar-refractivity contribution in [2.75, 3.05) is 0 Å². The number of benzene rings is 4. The Hall–Kier alpha value is -4.31. The smallest absolute Gasteiger partial charge is 0.211 e. The van der Waals surface area contributed by atoms with Crippen molar-refractivity contribution in [2.45, 2.75) is 11.5 Å². The Morgan fingerprint density at radius 2 is 1.55 bits per heavy atom. The SMILES string of the molecule is O=Cc1c(OC2(C(=O)c3ccccc3)C=Cc3ccccc3C2C=O)ccc2ccccc12. The van der Waals surface area contributed by atoms with Crippen LogP contribution in [-0.2, 0) is 4.79 Å². The Bertz CT molecular complexity index is 1400. The van der Waals surface area contributed by atoms with Gasteiger partial charge < -0.3 is 9.53 Å². The lowest BCUT2D eigenvalue weighted by molar-refractivity contribution is -0.111. The van der Waals surface area contributed by atoms with Crippen molar-refractivity contribution >= 4 is 35.2 Å². The second-order valence-electron chi connectivity index (χ2n) is 7.98. The summed E-state index contributed by atoms with van der Waals surface area (Å²) in [5.74, 6) is -0.989. The lowest BCUT2D eigenvalue weighted by Gasteiger charge is -2.38. The van der Waals surface area contributed by atoms with Crippen LogP contribution in [0.4, 0.5) is 0 Å². The summed E-state index contributed by atoms with van der Waals surface area (Å²) in [5, 5.41) is 1.60. The Balaban J connectivity index is 1.73. The molecule has 0 bridgehead atoms. The quantitative estimate of drug-likeness (QED) is 0.291. The standard InChI is InChI=1S/C29H20O4/c30-18-25-23-12-6-4-8-20(23)14-15-27(25)33-29(28(32)22-10-2-1-3-11-22)17-16-21-9-5-7-13-24(21)26(29)19-31/h1-19,26H. The first-order chi connectivity index (χ1) is 16.2. The molecule has 0 spiro atoms. The highest BCUT2D eigenvalue weighted by Gasteiger charge is 2.49. The van der Waals surface area contributed by atoms with E-state index < -0.39 is 11.5 Å². The van der Waals surface area contributed by atoms with Gasteiger partial charge in [-0.05, 0) is 34.0 Å². The van der Waals surface area contributed by atoms with Gasteiger partial charge in [0.25, 0.3) is 0 Å². The molecule has 0 N–H and O–H groups in total. The number of rotatable bonds is 6. The maximum absolute atomic E-state index is 13.9. The average Bonchev–Trinajstić information content (AvgIpc) is 2.88. The number of fused-ring (bicyclic) bond motifs is 2. The molecule has 0 saturated carbocycles. The fourth-order valence-electron chi connectivity index (χ4n) is 4.51. The van der Waals surface area contributed by atoms with E-state index in [4.69, 9.17) is 4.74 Å². The first kappa shape index (κ1) is 20.6. The minimum absolute atomic E-state index is 0.254. The van der Waals surface area contributed by atoms with Gasteiger partial charge in [-0.1, -0.05) is 91.0 Å². The predicted molar refractivity (Wildman–Crippen MR) is 128 cm³/mol. The summed E-state index contributed by atoms with van der Waals surface area (Å²) >= 11 is 0. The van der Waals surface area contributed by atoms with Crippen LogP contribution in [0.15, 0.2) is 97.1 Å². The molecule has 5 rings (SSSR count). The number of ether oxygens (including phenoxy) is 1. The number of aldehydes is 2. The van der Waals surface area contributed by atoms with Gasteiger partial charge in [-0.3, -0.25) is 9.59 Å². The van der Waals surface area contributed by atoms with Crippen LogP contribution in [0.1, 0.15) is 37.8 Å². The maximum atomic E-state index is 13.9. The molecule has 33 heavy (non-hydrogen) atoms. The lowest BCUT2D eigenvalue weighted by Crippen LogP contribution is -2.50. The van der Waals surface area contributed by atoms with Gasteiger partial charge in [0.05, 0.1) is 11.5 Å². The van der Waals surface area contributed by atoms with Crippen molar-refractivity contribution < 1.29 is 19.1 Å². The highest BCUT2D eigenvalue weighted by Crippen LogP contribution is 2.42. The molecule has 2 atom stereocenters. The molecule has 0 aromatic heterocycles. The van der Waals surface area contributed by atoms with Crippen LogP contribution in [0.3, 0.4) is 0 Å². The van der Waals surface area contributed by atoms with Gasteiger partial charge >= 0.3 is 0 Å². The first-order valence-corrected chi connectivity index (χ1v) is 10.7. The largest absolute Gasteiger partial charge is 0.473 e. The average molecular weight is 432 g/mol. The molecular formula is C29H20O4. The fraction of sp³-hybridized carbons (Fsp3) is 0.0690. The van der Waals surface area contributed by atoms with Gasteiger partial charge in [0.2, 0.25) is 11.4 Å². The molecule has 0 radical (unpaired) electrons.